The van der Waals surface area contributed by atoms with Crippen molar-refractivity contribution in [3.63, 3.8) is 0 Å². The second-order valence-corrected chi connectivity index (χ2v) is 6.44. The van der Waals surface area contributed by atoms with Gasteiger partial charge >= 0.3 is 0 Å². The van der Waals surface area contributed by atoms with Crippen molar-refractivity contribution < 1.29 is 9.59 Å². The fraction of sp³-hybridized carbons (Fsp3) is 0.857. The third-order valence-electron chi connectivity index (χ3n) is 4.67. The SMILES string of the molecule is CC(C(=O)NC1CC1)N1CCN(C(=O)C2(N)CC2)CC1.Cl.Cl. The fourth-order valence-corrected chi connectivity index (χ4v) is 2.69. The van der Waals surface area contributed by atoms with Gasteiger partial charge in [-0.3, -0.25) is 14.5 Å². The Morgan fingerprint density at radius 1 is 1.14 bits per heavy atom. The predicted molar refractivity (Wildman–Crippen MR) is 89.4 cm³/mol. The van der Waals surface area contributed by atoms with Gasteiger partial charge < -0.3 is 16.0 Å². The highest BCUT2D eigenvalue weighted by Crippen LogP contribution is 2.34. The second-order valence-electron chi connectivity index (χ2n) is 6.44. The molecule has 0 aromatic heterocycles. The van der Waals surface area contributed by atoms with E-state index < -0.39 is 5.54 Å². The van der Waals surface area contributed by atoms with Gasteiger partial charge in [-0.15, -0.1) is 24.8 Å². The van der Waals surface area contributed by atoms with Crippen molar-refractivity contribution in [2.24, 2.45) is 5.73 Å². The first-order valence-corrected chi connectivity index (χ1v) is 7.62. The molecule has 3 N–H and O–H groups in total. The second kappa shape index (κ2) is 7.34. The zero-order valence-corrected chi connectivity index (χ0v) is 14.5. The van der Waals surface area contributed by atoms with Crippen LogP contribution in [0.5, 0.6) is 0 Å². The molecule has 0 spiro atoms. The Balaban J connectivity index is 0.00000121. The first kappa shape index (κ1) is 19.5. The molecule has 3 aliphatic rings. The minimum atomic E-state index is -0.572. The summed E-state index contributed by atoms with van der Waals surface area (Å²) in [7, 11) is 0. The minimum absolute atomic E-state index is 0. The average molecular weight is 353 g/mol. The molecule has 0 bridgehead atoms. The molecule has 128 valence electrons. The van der Waals surface area contributed by atoms with Crippen LogP contribution in [0.4, 0.5) is 0 Å². The summed E-state index contributed by atoms with van der Waals surface area (Å²) in [5.41, 5.74) is 5.38. The maximum atomic E-state index is 12.1. The third kappa shape index (κ3) is 4.25. The van der Waals surface area contributed by atoms with E-state index in [0.29, 0.717) is 19.1 Å². The maximum absolute atomic E-state index is 12.1. The van der Waals surface area contributed by atoms with Crippen LogP contribution in [0.25, 0.3) is 0 Å². The molecule has 2 amide bonds. The molecule has 8 heteroatoms. The Bertz CT molecular complexity index is 419. The molecule has 0 aromatic carbocycles. The van der Waals surface area contributed by atoms with Gasteiger partial charge in [0, 0.05) is 32.2 Å². The number of amides is 2. The smallest absolute Gasteiger partial charge is 0.242 e. The molecule has 2 saturated carbocycles. The van der Waals surface area contributed by atoms with Crippen molar-refractivity contribution in [3.05, 3.63) is 0 Å². The Morgan fingerprint density at radius 3 is 2.14 bits per heavy atom. The van der Waals surface area contributed by atoms with E-state index in [1.807, 2.05) is 11.8 Å². The molecule has 1 unspecified atom stereocenters. The molecule has 22 heavy (non-hydrogen) atoms. The highest BCUT2D eigenvalue weighted by atomic mass is 35.5. The fourth-order valence-electron chi connectivity index (χ4n) is 2.69. The molecule has 1 aliphatic heterocycles. The zero-order chi connectivity index (χ0) is 14.3. The van der Waals surface area contributed by atoms with Gasteiger partial charge in [0.15, 0.2) is 0 Å². The summed E-state index contributed by atoms with van der Waals surface area (Å²) in [6.07, 6.45) is 3.84. The van der Waals surface area contributed by atoms with E-state index in [0.717, 1.165) is 38.8 Å². The molecule has 1 heterocycles. The Kier molecular flexibility index (Phi) is 6.50. The number of hydrogen-bond donors (Lipinski definition) is 2. The number of halogens is 2. The summed E-state index contributed by atoms with van der Waals surface area (Å²) < 4.78 is 0. The number of carbonyl (C=O) groups is 2. The largest absolute Gasteiger partial charge is 0.352 e. The predicted octanol–water partition coefficient (Wildman–Crippen LogP) is 0.133. The summed E-state index contributed by atoms with van der Waals surface area (Å²) in [4.78, 5) is 28.2. The van der Waals surface area contributed by atoms with E-state index in [1.165, 1.54) is 0 Å². The standard InChI is InChI=1S/C14H24N4O2.2ClH/c1-10(12(19)16-11-2-3-11)17-6-8-18(9-7-17)13(20)14(15)4-5-14;;/h10-11H,2-9,15H2,1H3,(H,16,19);2*1H. The van der Waals surface area contributed by atoms with E-state index in [1.54, 1.807) is 0 Å². The van der Waals surface area contributed by atoms with Gasteiger partial charge in [-0.2, -0.15) is 0 Å². The quantitative estimate of drug-likeness (QED) is 0.753. The van der Waals surface area contributed by atoms with E-state index >= 15 is 0 Å². The van der Waals surface area contributed by atoms with Crippen LogP contribution in [0.15, 0.2) is 0 Å². The molecule has 3 fully saturated rings. The Labute approximate surface area is 144 Å². The number of hydrogen-bond acceptors (Lipinski definition) is 4. The van der Waals surface area contributed by atoms with Crippen LogP contribution in [0.1, 0.15) is 32.6 Å². The Morgan fingerprint density at radius 2 is 1.68 bits per heavy atom. The molecular formula is C14H26Cl2N4O2. The lowest BCUT2D eigenvalue weighted by Crippen LogP contribution is -2.57. The molecule has 3 rings (SSSR count). The Hall–Kier alpha value is -0.560. The van der Waals surface area contributed by atoms with E-state index in [9.17, 15) is 9.59 Å². The van der Waals surface area contributed by atoms with E-state index in [4.69, 9.17) is 5.73 Å². The first-order valence-electron chi connectivity index (χ1n) is 7.62. The van der Waals surface area contributed by atoms with Gasteiger partial charge in [0.1, 0.15) is 0 Å². The lowest BCUT2D eigenvalue weighted by Gasteiger charge is -2.38. The molecular weight excluding hydrogens is 327 g/mol. The highest BCUT2D eigenvalue weighted by molar-refractivity contribution is 5.89. The summed E-state index contributed by atoms with van der Waals surface area (Å²) in [5, 5.41) is 3.04. The van der Waals surface area contributed by atoms with Crippen LogP contribution in [0.3, 0.4) is 0 Å². The topological polar surface area (TPSA) is 78.7 Å². The number of carbonyl (C=O) groups excluding carboxylic acids is 2. The number of rotatable bonds is 4. The van der Waals surface area contributed by atoms with Crippen molar-refractivity contribution in [2.45, 2.75) is 50.2 Å². The first-order chi connectivity index (χ1) is 9.49. The number of nitrogens with one attached hydrogen (secondary N) is 1. The van der Waals surface area contributed by atoms with Crippen molar-refractivity contribution in [1.82, 2.24) is 15.1 Å². The van der Waals surface area contributed by atoms with Crippen molar-refractivity contribution in [3.8, 4) is 0 Å². The molecule has 6 nitrogen and oxygen atoms in total. The molecule has 1 saturated heterocycles. The van der Waals surface area contributed by atoms with Crippen LogP contribution in [-0.2, 0) is 9.59 Å². The summed E-state index contributed by atoms with van der Waals surface area (Å²) >= 11 is 0. The van der Waals surface area contributed by atoms with Crippen molar-refractivity contribution >= 4 is 36.6 Å². The number of piperazine rings is 1. The summed E-state index contributed by atoms with van der Waals surface area (Å²) in [6.45, 7) is 4.81. The molecule has 1 atom stereocenters. The van der Waals surface area contributed by atoms with Crippen LogP contribution in [-0.4, -0.2) is 65.4 Å². The molecule has 0 aromatic rings. The molecule has 0 radical (unpaired) electrons. The van der Waals surface area contributed by atoms with Gasteiger partial charge in [-0.05, 0) is 32.6 Å². The van der Waals surface area contributed by atoms with Crippen LogP contribution < -0.4 is 11.1 Å². The summed E-state index contributed by atoms with van der Waals surface area (Å²) in [6, 6.07) is 0.292. The number of nitrogens with two attached hydrogens (primary N) is 1. The number of nitrogens with zero attached hydrogens (tertiary/aromatic N) is 2. The maximum Gasteiger partial charge on any atom is 0.242 e. The van der Waals surface area contributed by atoms with Gasteiger partial charge in [-0.1, -0.05) is 0 Å². The van der Waals surface area contributed by atoms with Crippen LogP contribution >= 0.6 is 24.8 Å². The van der Waals surface area contributed by atoms with Crippen LogP contribution in [0, 0.1) is 0 Å². The molecule has 2 aliphatic carbocycles. The van der Waals surface area contributed by atoms with Gasteiger partial charge in [0.25, 0.3) is 0 Å². The highest BCUT2D eigenvalue weighted by Gasteiger charge is 2.48. The monoisotopic (exact) mass is 352 g/mol. The lowest BCUT2D eigenvalue weighted by molar-refractivity contribution is -0.136. The minimum Gasteiger partial charge on any atom is -0.352 e. The van der Waals surface area contributed by atoms with E-state index in [-0.39, 0.29) is 42.7 Å². The van der Waals surface area contributed by atoms with Gasteiger partial charge in [0.2, 0.25) is 11.8 Å². The third-order valence-corrected chi connectivity index (χ3v) is 4.67. The normalized spacial score (nSPS) is 24.5. The summed E-state index contributed by atoms with van der Waals surface area (Å²) in [5.74, 6) is 0.206. The van der Waals surface area contributed by atoms with E-state index in [2.05, 4.69) is 10.2 Å². The van der Waals surface area contributed by atoms with Gasteiger partial charge in [-0.25, -0.2) is 0 Å². The lowest BCUT2D eigenvalue weighted by atomic mass is 10.2. The zero-order valence-electron chi connectivity index (χ0n) is 12.9. The van der Waals surface area contributed by atoms with Crippen molar-refractivity contribution in [2.75, 3.05) is 26.2 Å². The van der Waals surface area contributed by atoms with Crippen LogP contribution in [0.2, 0.25) is 0 Å². The van der Waals surface area contributed by atoms with Crippen molar-refractivity contribution in [1.29, 1.82) is 0 Å². The van der Waals surface area contributed by atoms with Gasteiger partial charge in [0.05, 0.1) is 11.6 Å². The average Bonchev–Trinajstić information content (AvgIpc) is 3.36.